The van der Waals surface area contributed by atoms with Crippen LogP contribution in [0.5, 0.6) is 0 Å². The molecular formula is C20H21F3N4O2. The van der Waals surface area contributed by atoms with Gasteiger partial charge in [0.1, 0.15) is 5.82 Å². The van der Waals surface area contributed by atoms with Gasteiger partial charge in [-0.25, -0.2) is 13.2 Å². The number of nitrogens with two attached hydrogens (primary N) is 1. The minimum atomic E-state index is -1.27. The van der Waals surface area contributed by atoms with Gasteiger partial charge in [0.05, 0.1) is 5.56 Å². The Labute approximate surface area is 166 Å². The van der Waals surface area contributed by atoms with Crippen molar-refractivity contribution in [2.45, 2.75) is 18.9 Å². The van der Waals surface area contributed by atoms with E-state index in [4.69, 9.17) is 5.73 Å². The summed E-state index contributed by atoms with van der Waals surface area (Å²) in [6.07, 6.45) is 2.93. The zero-order valence-corrected chi connectivity index (χ0v) is 15.7. The molecule has 0 aliphatic carbocycles. The standard InChI is InChI=1S/C20H21F3N4O2/c21-16-11-18(23)17(22)9-14(16)8-15(24)10-19(28)26-4-6-27(7-5-26)20(29)13-2-1-3-25-12-13/h1-3,9,11-12,15H,4-8,10,24H2/t15-/m1/s1. The predicted octanol–water partition coefficient (Wildman–Crippen LogP) is 1.74. The number of hydrogen-bond acceptors (Lipinski definition) is 4. The molecular weight excluding hydrogens is 385 g/mol. The Bertz CT molecular complexity index is 887. The van der Waals surface area contributed by atoms with E-state index in [1.165, 1.54) is 6.20 Å². The summed E-state index contributed by atoms with van der Waals surface area (Å²) >= 11 is 0. The van der Waals surface area contributed by atoms with Crippen LogP contribution in [0.25, 0.3) is 0 Å². The van der Waals surface area contributed by atoms with Crippen molar-refractivity contribution in [2.75, 3.05) is 26.2 Å². The lowest BCUT2D eigenvalue weighted by molar-refractivity contribution is -0.133. The molecule has 0 radical (unpaired) electrons. The summed E-state index contributed by atoms with van der Waals surface area (Å²) in [5, 5.41) is 0. The van der Waals surface area contributed by atoms with E-state index in [0.717, 1.165) is 6.07 Å². The molecule has 1 aromatic heterocycles. The van der Waals surface area contributed by atoms with Crippen molar-refractivity contribution >= 4 is 11.8 Å². The molecule has 1 saturated heterocycles. The van der Waals surface area contributed by atoms with Gasteiger partial charge in [-0.15, -0.1) is 0 Å². The third-order valence-corrected chi connectivity index (χ3v) is 4.84. The summed E-state index contributed by atoms with van der Waals surface area (Å²) in [6.45, 7) is 1.48. The van der Waals surface area contributed by atoms with Gasteiger partial charge in [0.15, 0.2) is 11.6 Å². The van der Waals surface area contributed by atoms with E-state index in [0.29, 0.717) is 37.8 Å². The topological polar surface area (TPSA) is 79.5 Å². The summed E-state index contributed by atoms with van der Waals surface area (Å²) in [5.41, 5.74) is 6.34. The second kappa shape index (κ2) is 9.04. The third kappa shape index (κ3) is 5.11. The van der Waals surface area contributed by atoms with Gasteiger partial charge in [0, 0.05) is 57.1 Å². The molecule has 1 fully saturated rings. The van der Waals surface area contributed by atoms with Crippen LogP contribution in [0.3, 0.4) is 0 Å². The average molecular weight is 406 g/mol. The Morgan fingerprint density at radius 3 is 2.34 bits per heavy atom. The van der Waals surface area contributed by atoms with Crippen molar-refractivity contribution < 1.29 is 22.8 Å². The molecule has 2 aromatic rings. The molecule has 1 aromatic carbocycles. The van der Waals surface area contributed by atoms with Crippen molar-refractivity contribution in [3.63, 3.8) is 0 Å². The molecule has 0 spiro atoms. The van der Waals surface area contributed by atoms with E-state index in [9.17, 15) is 22.8 Å². The van der Waals surface area contributed by atoms with Crippen molar-refractivity contribution in [3.8, 4) is 0 Å². The summed E-state index contributed by atoms with van der Waals surface area (Å²) in [4.78, 5) is 32.0. The van der Waals surface area contributed by atoms with Crippen LogP contribution >= 0.6 is 0 Å². The highest BCUT2D eigenvalue weighted by Crippen LogP contribution is 2.16. The maximum absolute atomic E-state index is 13.7. The lowest BCUT2D eigenvalue weighted by Crippen LogP contribution is -2.51. The summed E-state index contributed by atoms with van der Waals surface area (Å²) < 4.78 is 40.0. The zero-order chi connectivity index (χ0) is 21.0. The number of carbonyl (C=O) groups excluding carboxylic acids is 2. The molecule has 1 aliphatic heterocycles. The molecule has 2 amide bonds. The average Bonchev–Trinajstić information content (AvgIpc) is 2.72. The number of benzene rings is 1. The van der Waals surface area contributed by atoms with Crippen molar-refractivity contribution in [1.29, 1.82) is 0 Å². The number of aromatic nitrogens is 1. The van der Waals surface area contributed by atoms with Gasteiger partial charge in [-0.3, -0.25) is 14.6 Å². The Balaban J connectivity index is 1.51. The van der Waals surface area contributed by atoms with Crippen molar-refractivity contribution in [3.05, 3.63) is 65.2 Å². The number of hydrogen-bond donors (Lipinski definition) is 1. The molecule has 0 unspecified atom stereocenters. The molecule has 0 bridgehead atoms. The monoisotopic (exact) mass is 406 g/mol. The zero-order valence-electron chi connectivity index (χ0n) is 15.7. The van der Waals surface area contributed by atoms with Gasteiger partial charge in [-0.1, -0.05) is 0 Å². The fraction of sp³-hybridized carbons (Fsp3) is 0.350. The Morgan fingerprint density at radius 2 is 1.69 bits per heavy atom. The van der Waals surface area contributed by atoms with Crippen LogP contribution in [0.15, 0.2) is 36.7 Å². The van der Waals surface area contributed by atoms with Gasteiger partial charge >= 0.3 is 0 Å². The summed E-state index contributed by atoms with van der Waals surface area (Å²) in [5.74, 6) is -3.69. The van der Waals surface area contributed by atoms with Crippen LogP contribution in [0.4, 0.5) is 13.2 Å². The quantitative estimate of drug-likeness (QED) is 0.768. The second-order valence-electron chi connectivity index (χ2n) is 6.94. The second-order valence-corrected chi connectivity index (χ2v) is 6.94. The van der Waals surface area contributed by atoms with E-state index in [1.54, 1.807) is 28.1 Å². The third-order valence-electron chi connectivity index (χ3n) is 4.84. The number of carbonyl (C=O) groups is 2. The molecule has 6 nitrogen and oxygen atoms in total. The first kappa shape index (κ1) is 20.8. The first-order valence-corrected chi connectivity index (χ1v) is 9.21. The number of rotatable bonds is 5. The van der Waals surface area contributed by atoms with E-state index in [2.05, 4.69) is 4.98 Å². The molecule has 2 heterocycles. The molecule has 29 heavy (non-hydrogen) atoms. The lowest BCUT2D eigenvalue weighted by atomic mass is 10.0. The summed E-state index contributed by atoms with van der Waals surface area (Å²) in [7, 11) is 0. The molecule has 2 N–H and O–H groups in total. The Kier molecular flexibility index (Phi) is 6.48. The predicted molar refractivity (Wildman–Crippen MR) is 99.3 cm³/mol. The fourth-order valence-electron chi connectivity index (χ4n) is 3.26. The first-order chi connectivity index (χ1) is 13.8. The Morgan fingerprint density at radius 1 is 1.03 bits per heavy atom. The molecule has 1 aliphatic rings. The highest BCUT2D eigenvalue weighted by Gasteiger charge is 2.26. The van der Waals surface area contributed by atoms with Crippen LogP contribution in [0.1, 0.15) is 22.3 Å². The number of amides is 2. The van der Waals surface area contributed by atoms with Gasteiger partial charge < -0.3 is 15.5 Å². The van der Waals surface area contributed by atoms with Crippen LogP contribution in [0.2, 0.25) is 0 Å². The van der Waals surface area contributed by atoms with Gasteiger partial charge in [0.25, 0.3) is 5.91 Å². The molecule has 1 atom stereocenters. The molecule has 9 heteroatoms. The molecule has 3 rings (SSSR count). The van der Waals surface area contributed by atoms with Crippen LogP contribution < -0.4 is 5.73 Å². The SMILES string of the molecule is N[C@@H](CC(=O)N1CCN(C(=O)c2cccnc2)CC1)Cc1cc(F)c(F)cc1F. The number of halogens is 3. The number of piperazine rings is 1. The van der Waals surface area contributed by atoms with Crippen molar-refractivity contribution in [2.24, 2.45) is 5.73 Å². The number of pyridine rings is 1. The maximum Gasteiger partial charge on any atom is 0.255 e. The first-order valence-electron chi connectivity index (χ1n) is 9.21. The smallest absolute Gasteiger partial charge is 0.255 e. The van der Waals surface area contributed by atoms with Gasteiger partial charge in [-0.05, 0) is 30.2 Å². The van der Waals surface area contributed by atoms with Crippen molar-refractivity contribution in [1.82, 2.24) is 14.8 Å². The normalized spacial score (nSPS) is 15.3. The largest absolute Gasteiger partial charge is 0.339 e. The highest BCUT2D eigenvalue weighted by atomic mass is 19.2. The van der Waals surface area contributed by atoms with Crippen LogP contribution in [0, 0.1) is 17.5 Å². The number of nitrogens with zero attached hydrogens (tertiary/aromatic N) is 3. The van der Waals surface area contributed by atoms with Gasteiger partial charge in [0.2, 0.25) is 5.91 Å². The van der Waals surface area contributed by atoms with E-state index in [1.807, 2.05) is 0 Å². The summed E-state index contributed by atoms with van der Waals surface area (Å²) in [6, 6.07) is 3.86. The van der Waals surface area contributed by atoms with E-state index < -0.39 is 23.5 Å². The van der Waals surface area contributed by atoms with Crippen LogP contribution in [-0.2, 0) is 11.2 Å². The van der Waals surface area contributed by atoms with E-state index >= 15 is 0 Å². The minimum Gasteiger partial charge on any atom is -0.339 e. The Hall–Kier alpha value is -2.94. The maximum atomic E-state index is 13.7. The minimum absolute atomic E-state index is 0.0605. The van der Waals surface area contributed by atoms with Gasteiger partial charge in [-0.2, -0.15) is 0 Å². The van der Waals surface area contributed by atoms with E-state index in [-0.39, 0.29) is 30.2 Å². The fourth-order valence-corrected chi connectivity index (χ4v) is 3.26. The van der Waals surface area contributed by atoms with Crippen LogP contribution in [-0.4, -0.2) is 58.8 Å². The highest BCUT2D eigenvalue weighted by molar-refractivity contribution is 5.94. The molecule has 154 valence electrons. The lowest BCUT2D eigenvalue weighted by Gasteiger charge is -2.35. The molecule has 0 saturated carbocycles.